The first-order valence-electron chi connectivity index (χ1n) is 22.1. The van der Waals surface area contributed by atoms with E-state index in [1.165, 1.54) is 68.1 Å². The van der Waals surface area contributed by atoms with E-state index in [0.717, 1.165) is 69.0 Å². The molecule has 4 saturated carbocycles. The van der Waals surface area contributed by atoms with Gasteiger partial charge in [-0.1, -0.05) is 90.1 Å². The summed E-state index contributed by atoms with van der Waals surface area (Å²) in [6.07, 6.45) is 14.6. The predicted molar refractivity (Wildman–Crippen MR) is 231 cm³/mol. The lowest BCUT2D eigenvalue weighted by molar-refractivity contribution is 0.0204. The third kappa shape index (κ3) is 12.9. The van der Waals surface area contributed by atoms with Crippen LogP contribution in [0.1, 0.15) is 153 Å². The summed E-state index contributed by atoms with van der Waals surface area (Å²) in [5.41, 5.74) is 4.91. The van der Waals surface area contributed by atoms with Crippen molar-refractivity contribution in [3.8, 4) is 0 Å². The van der Waals surface area contributed by atoms with Gasteiger partial charge in [0, 0.05) is 31.5 Å². The van der Waals surface area contributed by atoms with Gasteiger partial charge in [-0.3, -0.25) is 0 Å². The molecule has 8 nitrogen and oxygen atoms in total. The number of benzene rings is 2. The number of nitrogens with zero attached hydrogens (tertiary/aromatic N) is 2. The number of ether oxygens (including phenoxy) is 3. The van der Waals surface area contributed by atoms with Crippen molar-refractivity contribution >= 4 is 28.1 Å². The first-order chi connectivity index (χ1) is 27.1. The summed E-state index contributed by atoms with van der Waals surface area (Å²) in [6.45, 7) is 15.2. The number of fused-ring (bicyclic) bond motifs is 2. The van der Waals surface area contributed by atoms with Crippen LogP contribution in [0, 0.1) is 23.7 Å². The van der Waals surface area contributed by atoms with Gasteiger partial charge in [0.05, 0.1) is 18.8 Å². The fourth-order valence-electron chi connectivity index (χ4n) is 10.2. The standard InChI is InChI=1S/C24H35NO3.C12H15Br.C12H21NO3/c1-24(2,3)28-23(26)25-14-20-12-22(13-21(20)15-25)27-16-17-7-6-10-19(11-17)18-8-4-5-9-18;13-9-10-4-3-7-12(8-10)11-5-1-2-6-11;1-12(2,3)16-11(15)13-6-8-4-10(14)5-9(8)7-13/h6-7,10-11,18,20-22H,4-5,8-9,12-16H2,1-3H3;3-4,7-8,11H,1-2,5-6,9H2;8-10,14H,4-7H2,1-3H3/t20-,21+,22?;;8-,9+,10?. The maximum absolute atomic E-state index is 12.3. The molecule has 0 bridgehead atoms. The Balaban J connectivity index is 0.000000160. The van der Waals surface area contributed by atoms with Gasteiger partial charge < -0.3 is 29.1 Å². The smallest absolute Gasteiger partial charge is 0.410 e. The summed E-state index contributed by atoms with van der Waals surface area (Å²) < 4.78 is 17.2. The van der Waals surface area contributed by atoms with Crippen LogP contribution in [-0.4, -0.2) is 76.7 Å². The highest BCUT2D eigenvalue weighted by Gasteiger charge is 2.44. The van der Waals surface area contributed by atoms with E-state index in [1.54, 1.807) is 10.5 Å². The first-order valence-corrected chi connectivity index (χ1v) is 23.2. The Kier molecular flexibility index (Phi) is 15.1. The van der Waals surface area contributed by atoms with Gasteiger partial charge >= 0.3 is 12.2 Å². The number of carbonyl (C=O) groups excluding carboxylic acids is 2. The molecule has 4 aliphatic carbocycles. The van der Waals surface area contributed by atoms with Gasteiger partial charge in [0.25, 0.3) is 0 Å². The number of hydrogen-bond donors (Lipinski definition) is 1. The van der Waals surface area contributed by atoms with Gasteiger partial charge in [-0.2, -0.15) is 0 Å². The molecule has 9 heteroatoms. The van der Waals surface area contributed by atoms with Crippen LogP contribution >= 0.6 is 15.9 Å². The fourth-order valence-corrected chi connectivity index (χ4v) is 10.5. The van der Waals surface area contributed by atoms with E-state index in [0.29, 0.717) is 36.4 Å². The molecule has 0 aromatic heterocycles. The highest BCUT2D eigenvalue weighted by atomic mass is 79.9. The number of alkyl halides is 1. The summed E-state index contributed by atoms with van der Waals surface area (Å²) in [6, 6.07) is 18.0. The van der Waals surface area contributed by atoms with Crippen molar-refractivity contribution in [3.05, 3.63) is 70.8 Å². The summed E-state index contributed by atoms with van der Waals surface area (Å²) in [7, 11) is 0. The molecule has 8 rings (SSSR count). The summed E-state index contributed by atoms with van der Waals surface area (Å²) in [5.74, 6) is 3.67. The highest BCUT2D eigenvalue weighted by Crippen LogP contribution is 2.41. The summed E-state index contributed by atoms with van der Waals surface area (Å²) in [4.78, 5) is 27.8. The third-order valence-corrected chi connectivity index (χ3v) is 13.6. The number of likely N-dealkylation sites (tertiary alicyclic amines) is 2. The minimum absolute atomic E-state index is 0.157. The quantitative estimate of drug-likeness (QED) is 0.291. The van der Waals surface area contributed by atoms with Crippen LogP contribution in [0.25, 0.3) is 0 Å². The lowest BCUT2D eigenvalue weighted by Crippen LogP contribution is -2.36. The van der Waals surface area contributed by atoms with Crippen molar-refractivity contribution in [1.82, 2.24) is 9.80 Å². The van der Waals surface area contributed by atoms with Crippen LogP contribution in [0.5, 0.6) is 0 Å². The Hall–Kier alpha value is -2.62. The zero-order valence-corrected chi connectivity index (χ0v) is 37.3. The number of aliphatic hydroxyl groups is 1. The molecule has 2 unspecified atom stereocenters. The summed E-state index contributed by atoms with van der Waals surface area (Å²) in [5, 5.41) is 10.5. The second-order valence-electron chi connectivity index (χ2n) is 19.9. The highest BCUT2D eigenvalue weighted by molar-refractivity contribution is 9.08. The molecule has 6 atom stereocenters. The maximum Gasteiger partial charge on any atom is 0.410 e. The number of halogens is 1. The van der Waals surface area contributed by atoms with Gasteiger partial charge in [0.1, 0.15) is 11.2 Å². The Morgan fingerprint density at radius 1 is 0.649 bits per heavy atom. The van der Waals surface area contributed by atoms with Crippen molar-refractivity contribution < 1.29 is 28.9 Å². The molecule has 6 aliphatic rings. The largest absolute Gasteiger partial charge is 0.444 e. The van der Waals surface area contributed by atoms with Gasteiger partial charge in [-0.15, -0.1) is 0 Å². The second kappa shape index (κ2) is 19.6. The molecule has 0 spiro atoms. The lowest BCUT2D eigenvalue weighted by atomic mass is 9.96. The molecule has 1 N–H and O–H groups in total. The average Bonchev–Trinajstić information content (AvgIpc) is 4.00. The van der Waals surface area contributed by atoms with Crippen LogP contribution in [-0.2, 0) is 26.1 Å². The van der Waals surface area contributed by atoms with Crippen LogP contribution in [0.2, 0.25) is 0 Å². The molecule has 2 heterocycles. The number of aliphatic hydroxyl groups excluding tert-OH is 1. The Morgan fingerprint density at radius 2 is 1.05 bits per heavy atom. The van der Waals surface area contributed by atoms with E-state index in [-0.39, 0.29) is 18.3 Å². The van der Waals surface area contributed by atoms with Crippen molar-refractivity contribution in [2.75, 3.05) is 26.2 Å². The minimum Gasteiger partial charge on any atom is -0.444 e. The first kappa shape index (κ1) is 43.9. The Labute approximate surface area is 351 Å². The number of amides is 2. The zero-order valence-electron chi connectivity index (χ0n) is 35.7. The number of hydrogen-bond acceptors (Lipinski definition) is 6. The molecule has 2 amide bonds. The van der Waals surface area contributed by atoms with E-state index in [9.17, 15) is 14.7 Å². The van der Waals surface area contributed by atoms with Crippen molar-refractivity contribution in [1.29, 1.82) is 0 Å². The predicted octanol–water partition coefficient (Wildman–Crippen LogP) is 11.4. The molecular weight excluding hydrogens is 780 g/mol. The topological polar surface area (TPSA) is 88.5 Å². The van der Waals surface area contributed by atoms with Crippen LogP contribution in [0.3, 0.4) is 0 Å². The van der Waals surface area contributed by atoms with Crippen LogP contribution in [0.4, 0.5) is 9.59 Å². The van der Waals surface area contributed by atoms with E-state index >= 15 is 0 Å². The zero-order chi connectivity index (χ0) is 40.7. The molecule has 0 radical (unpaired) electrons. The molecule has 316 valence electrons. The molecule has 57 heavy (non-hydrogen) atoms. The molecule has 2 aromatic rings. The van der Waals surface area contributed by atoms with Gasteiger partial charge in [-0.05, 0) is 151 Å². The fraction of sp³-hybridized carbons (Fsp3) is 0.708. The molecular formula is C48H71BrN2O6. The summed E-state index contributed by atoms with van der Waals surface area (Å²) >= 11 is 3.50. The van der Waals surface area contributed by atoms with E-state index in [1.807, 2.05) is 46.4 Å². The number of rotatable bonds is 6. The monoisotopic (exact) mass is 850 g/mol. The maximum atomic E-state index is 12.3. The van der Waals surface area contributed by atoms with E-state index < -0.39 is 11.2 Å². The van der Waals surface area contributed by atoms with Crippen LogP contribution < -0.4 is 0 Å². The molecule has 2 saturated heterocycles. The van der Waals surface area contributed by atoms with E-state index in [2.05, 4.69) is 64.5 Å². The van der Waals surface area contributed by atoms with Crippen LogP contribution in [0.15, 0.2) is 48.5 Å². The lowest BCUT2D eigenvalue weighted by Gasteiger charge is -2.25. The third-order valence-electron chi connectivity index (χ3n) is 12.9. The van der Waals surface area contributed by atoms with Gasteiger partial charge in [-0.25, -0.2) is 9.59 Å². The average molecular weight is 852 g/mol. The SMILES string of the molecule is BrCc1cccc(C2CCCC2)c1.CC(C)(C)OC(=O)N1C[C@H]2CC(O)C[C@H]2C1.CC(C)(C)OC(=O)N1C[C@H]2CC(OCc3cccc(C4CCCC4)c3)C[C@H]2C1. The second-order valence-corrected chi connectivity index (χ2v) is 20.5. The Bertz CT molecular complexity index is 1580. The van der Waals surface area contributed by atoms with Gasteiger partial charge in [0.2, 0.25) is 0 Å². The number of carbonyl (C=O) groups is 2. The minimum atomic E-state index is -0.423. The molecule has 2 aliphatic heterocycles. The normalized spacial score (nSPS) is 27.4. The van der Waals surface area contributed by atoms with Crippen molar-refractivity contribution in [2.24, 2.45) is 23.7 Å². The van der Waals surface area contributed by atoms with Crippen molar-refractivity contribution in [2.45, 2.75) is 166 Å². The Morgan fingerprint density at radius 3 is 1.47 bits per heavy atom. The van der Waals surface area contributed by atoms with Gasteiger partial charge in [0.15, 0.2) is 0 Å². The molecule has 2 aromatic carbocycles. The van der Waals surface area contributed by atoms with Crippen molar-refractivity contribution in [3.63, 3.8) is 0 Å². The molecule has 6 fully saturated rings. The van der Waals surface area contributed by atoms with E-state index in [4.69, 9.17) is 14.2 Å².